The summed E-state index contributed by atoms with van der Waals surface area (Å²) in [6.07, 6.45) is 13.1. The van der Waals surface area contributed by atoms with E-state index in [1.807, 2.05) is 32.2 Å². The highest BCUT2D eigenvalue weighted by atomic mass is 35.5. The van der Waals surface area contributed by atoms with Crippen LogP contribution in [0.4, 0.5) is 5.69 Å². The fourth-order valence-electron chi connectivity index (χ4n) is 8.21. The van der Waals surface area contributed by atoms with E-state index in [1.165, 1.54) is 11.1 Å². The molecule has 2 aliphatic carbocycles. The van der Waals surface area contributed by atoms with Crippen LogP contribution in [0.2, 0.25) is 5.02 Å². The van der Waals surface area contributed by atoms with Crippen molar-refractivity contribution in [2.75, 3.05) is 24.6 Å². The molecule has 7 rings (SSSR count). The van der Waals surface area contributed by atoms with Crippen LogP contribution in [0.3, 0.4) is 0 Å². The number of amides is 1. The number of hydrogen-bond donors (Lipinski definition) is 1. The number of carbonyl (C=O) groups excluding carboxylic acids is 1. The number of hydrogen-bond acceptors (Lipinski definition) is 7. The van der Waals surface area contributed by atoms with Gasteiger partial charge in [0.1, 0.15) is 18.7 Å². The predicted molar refractivity (Wildman–Crippen MR) is 191 cm³/mol. The highest BCUT2D eigenvalue weighted by Crippen LogP contribution is 2.47. The zero-order valence-corrected chi connectivity index (χ0v) is 29.5. The van der Waals surface area contributed by atoms with E-state index >= 15 is 0 Å². The molecule has 4 aliphatic rings. The Morgan fingerprint density at radius 1 is 1.21 bits per heavy atom. The van der Waals surface area contributed by atoms with Crippen LogP contribution in [0.1, 0.15) is 79.2 Å². The Morgan fingerprint density at radius 2 is 2.08 bits per heavy atom. The Bertz CT molecular complexity index is 1810. The van der Waals surface area contributed by atoms with E-state index in [4.69, 9.17) is 21.1 Å². The van der Waals surface area contributed by atoms with Gasteiger partial charge in [-0.1, -0.05) is 36.7 Å². The van der Waals surface area contributed by atoms with Crippen molar-refractivity contribution in [3.05, 3.63) is 82.4 Å². The van der Waals surface area contributed by atoms with E-state index in [1.54, 1.807) is 17.1 Å². The summed E-state index contributed by atoms with van der Waals surface area (Å²) in [5.41, 5.74) is 3.72. The molecule has 11 heteroatoms. The number of carbonyl (C=O) groups is 1. The van der Waals surface area contributed by atoms with Crippen LogP contribution in [0.25, 0.3) is 0 Å². The fraction of sp³-hybridized carbons (Fsp3) is 0.514. The van der Waals surface area contributed by atoms with Gasteiger partial charge in [-0.3, -0.25) is 14.2 Å². The molecule has 3 aromatic rings. The van der Waals surface area contributed by atoms with Crippen molar-refractivity contribution < 1.29 is 18.5 Å². The summed E-state index contributed by atoms with van der Waals surface area (Å²) in [5.74, 6) is 5.77. The molecule has 0 radical (unpaired) electrons. The molecule has 1 N–H and O–H groups in total. The molecule has 2 bridgehead atoms. The van der Waals surface area contributed by atoms with Crippen molar-refractivity contribution in [3.8, 4) is 5.75 Å². The van der Waals surface area contributed by atoms with Crippen molar-refractivity contribution >= 4 is 38.8 Å². The van der Waals surface area contributed by atoms with E-state index < -0.39 is 9.71 Å². The number of aryl methyl sites for hydroxylation is 2. The van der Waals surface area contributed by atoms with Crippen molar-refractivity contribution in [1.82, 2.24) is 19.5 Å². The molecule has 9 nitrogen and oxygen atoms in total. The number of aromatic nitrogens is 3. The summed E-state index contributed by atoms with van der Waals surface area (Å²) < 4.78 is 31.6. The number of benzene rings is 2. The molecule has 3 heterocycles. The predicted octanol–water partition coefficient (Wildman–Crippen LogP) is 6.04. The second-order valence-corrected chi connectivity index (χ2v) is 16.9. The van der Waals surface area contributed by atoms with Gasteiger partial charge in [0, 0.05) is 41.4 Å². The van der Waals surface area contributed by atoms with E-state index in [9.17, 15) is 9.00 Å². The number of allylic oxidation sites excluding steroid dienone is 1. The summed E-state index contributed by atoms with van der Waals surface area (Å²) in [5, 5.41) is 4.94. The molecule has 1 aromatic heterocycles. The molecule has 2 aliphatic heterocycles. The van der Waals surface area contributed by atoms with E-state index in [-0.39, 0.29) is 22.7 Å². The van der Waals surface area contributed by atoms with Crippen molar-refractivity contribution in [2.45, 2.75) is 81.7 Å². The maximum Gasteiger partial charge on any atom is 0.262 e. The van der Waals surface area contributed by atoms with Gasteiger partial charge >= 0.3 is 0 Å². The van der Waals surface area contributed by atoms with Crippen LogP contribution in [-0.4, -0.2) is 61.8 Å². The number of nitrogens with one attached hydrogen (secondary N) is 1. The van der Waals surface area contributed by atoms with Gasteiger partial charge in [-0.15, -0.1) is 0 Å². The number of nitrogens with zero attached hydrogens (tertiary/aromatic N) is 4. The van der Waals surface area contributed by atoms with Crippen LogP contribution in [0.5, 0.6) is 5.75 Å². The number of ether oxygens (including phenoxy) is 2. The number of rotatable bonds is 4. The Hall–Kier alpha value is -3.34. The lowest BCUT2D eigenvalue weighted by Gasteiger charge is -2.46. The van der Waals surface area contributed by atoms with Crippen LogP contribution in [0.15, 0.2) is 54.9 Å². The highest BCUT2D eigenvalue weighted by Gasteiger charge is 2.44. The van der Waals surface area contributed by atoms with E-state index in [2.05, 4.69) is 49.9 Å². The molecule has 48 heavy (non-hydrogen) atoms. The molecule has 1 unspecified atom stereocenters. The molecule has 1 fully saturated rings. The molecule has 6 atom stereocenters. The molecule has 256 valence electrons. The molecule has 1 saturated carbocycles. The first-order valence-corrected chi connectivity index (χ1v) is 19.4. The fourth-order valence-corrected chi connectivity index (χ4v) is 10.1. The van der Waals surface area contributed by atoms with Gasteiger partial charge in [-0.2, -0.15) is 5.10 Å². The smallest absolute Gasteiger partial charge is 0.262 e. The largest absolute Gasteiger partial charge is 0.490 e. The molecule has 2 aromatic carbocycles. The molecular formula is C37H46ClN5O4S. The number of halogens is 1. The SMILES string of the molecule is C=S1(=O)NC(=O)c2ccc3c(c2)N(C[C@@H]2CC[C@H]2[C@@H](OCc2ncn(C)n2)/C=C/CC[C@H]1CC)C[C@@]1(CCCc2cc(Cl)ccc21)CO3. The summed E-state index contributed by atoms with van der Waals surface area (Å²) in [7, 11) is -1.05. The standard InChI is InChI=1S/C37H46ClN5O4S/c1-4-29-9-5-6-10-33(46-21-35-39-24-42(2)40-35)30-14-11-27(30)20-43-22-37(17-7-8-25-18-28(38)13-15-31(25)37)23-47-34-16-12-26(19-32(34)43)36(44)41-48(29,3)45/h6,10,12-13,15-16,18-19,24,27,29-30,33H,3-5,7-9,11,14,17,20-23H2,1-2H3,(H,41,44,45)/b10-6+/t27-,29+,30+,33-,37-,48?/m0/s1. The molecule has 0 saturated heterocycles. The van der Waals surface area contributed by atoms with Crippen LogP contribution >= 0.6 is 11.6 Å². The summed E-state index contributed by atoms with van der Waals surface area (Å²) in [6.45, 7) is 4.43. The van der Waals surface area contributed by atoms with Crippen molar-refractivity contribution in [1.29, 1.82) is 0 Å². The lowest BCUT2D eigenvalue weighted by molar-refractivity contribution is -0.0248. The number of fused-ring (bicyclic) bond motifs is 4. The zero-order valence-electron chi connectivity index (χ0n) is 27.9. The average molecular weight is 692 g/mol. The maximum atomic E-state index is 13.9. The first-order chi connectivity index (χ1) is 23.1. The van der Waals surface area contributed by atoms with Crippen molar-refractivity contribution in [3.63, 3.8) is 0 Å². The minimum atomic E-state index is -2.90. The zero-order chi connectivity index (χ0) is 33.5. The van der Waals surface area contributed by atoms with Gasteiger partial charge < -0.3 is 14.4 Å². The number of anilines is 1. The normalized spacial score (nSPS) is 31.1. The van der Waals surface area contributed by atoms with Crippen LogP contribution in [0, 0.1) is 11.8 Å². The van der Waals surface area contributed by atoms with Crippen molar-refractivity contribution in [2.24, 2.45) is 18.9 Å². The summed E-state index contributed by atoms with van der Waals surface area (Å²) >= 11 is 6.47. The third-order valence-corrected chi connectivity index (χ3v) is 13.4. The Kier molecular flexibility index (Phi) is 9.34. The molecular weight excluding hydrogens is 646 g/mol. The Labute approximate surface area is 289 Å². The minimum absolute atomic E-state index is 0.107. The third-order valence-electron chi connectivity index (χ3n) is 10.9. The second-order valence-electron chi connectivity index (χ2n) is 14.1. The van der Waals surface area contributed by atoms with Gasteiger partial charge in [0.05, 0.1) is 28.1 Å². The first-order valence-electron chi connectivity index (χ1n) is 17.3. The van der Waals surface area contributed by atoms with Gasteiger partial charge in [0.25, 0.3) is 5.91 Å². The lowest BCUT2D eigenvalue weighted by Crippen LogP contribution is -2.49. The maximum absolute atomic E-state index is 13.9. The van der Waals surface area contributed by atoms with Gasteiger partial charge in [0.15, 0.2) is 5.82 Å². The van der Waals surface area contributed by atoms with Gasteiger partial charge in [0.2, 0.25) is 0 Å². The Balaban J connectivity index is 1.27. The Morgan fingerprint density at radius 3 is 2.85 bits per heavy atom. The first kappa shape index (κ1) is 33.2. The van der Waals surface area contributed by atoms with Crippen LogP contribution in [-0.2, 0) is 39.9 Å². The van der Waals surface area contributed by atoms with Gasteiger partial charge in [-0.05, 0) is 111 Å². The average Bonchev–Trinajstić information content (AvgIpc) is 3.40. The summed E-state index contributed by atoms with van der Waals surface area (Å²) in [4.78, 5) is 20.5. The molecule has 1 amide bonds. The topological polar surface area (TPSA) is 98.6 Å². The monoisotopic (exact) mass is 691 g/mol. The quantitative estimate of drug-likeness (QED) is 0.263. The van der Waals surface area contributed by atoms with Gasteiger partial charge in [-0.25, -0.2) is 9.19 Å². The van der Waals surface area contributed by atoms with Crippen LogP contribution < -0.4 is 14.4 Å². The third kappa shape index (κ3) is 6.63. The minimum Gasteiger partial charge on any atom is -0.490 e. The van der Waals surface area contributed by atoms with E-state index in [0.29, 0.717) is 55.7 Å². The highest BCUT2D eigenvalue weighted by molar-refractivity contribution is 7.99. The lowest BCUT2D eigenvalue weighted by atomic mass is 9.68. The summed E-state index contributed by atoms with van der Waals surface area (Å²) in [6, 6.07) is 11.9. The molecule has 1 spiro atoms. The van der Waals surface area contributed by atoms with E-state index in [0.717, 1.165) is 61.7 Å². The second kappa shape index (κ2) is 13.5.